The van der Waals surface area contributed by atoms with E-state index in [1.165, 1.54) is 22.1 Å². The van der Waals surface area contributed by atoms with Crippen LogP contribution in [0.4, 0.5) is 0 Å². The largest absolute Gasteiger partial charge is 0.326 e. The quantitative estimate of drug-likeness (QED) is 0.855. The van der Waals surface area contributed by atoms with Crippen molar-refractivity contribution in [1.29, 1.82) is 0 Å². The zero-order valence-electron chi connectivity index (χ0n) is 11.0. The third kappa shape index (κ3) is 2.05. The van der Waals surface area contributed by atoms with Crippen LogP contribution in [-0.2, 0) is 6.54 Å². The van der Waals surface area contributed by atoms with Gasteiger partial charge >= 0.3 is 0 Å². The molecule has 0 aliphatic heterocycles. The predicted octanol–water partition coefficient (Wildman–Crippen LogP) is 3.43. The first-order chi connectivity index (χ1) is 8.04. The van der Waals surface area contributed by atoms with E-state index < -0.39 is 0 Å². The summed E-state index contributed by atoms with van der Waals surface area (Å²) in [5.74, 6) is 0.435. The molecule has 0 atom stereocenters. The molecule has 0 fully saturated rings. The molecule has 2 N–H and O–H groups in total. The van der Waals surface area contributed by atoms with Gasteiger partial charge in [-0.25, -0.2) is 0 Å². The average Bonchev–Trinajstić information content (AvgIpc) is 2.32. The molecular weight excluding hydrogens is 208 g/mol. The Hall–Kier alpha value is -1.41. The van der Waals surface area contributed by atoms with Gasteiger partial charge in [-0.15, -0.1) is 0 Å². The highest BCUT2D eigenvalue weighted by Gasteiger charge is 2.10. The van der Waals surface area contributed by atoms with Gasteiger partial charge in [0.15, 0.2) is 0 Å². The lowest BCUT2D eigenvalue weighted by Crippen LogP contribution is -2.03. The number of pyridine rings is 1. The summed E-state index contributed by atoms with van der Waals surface area (Å²) in [7, 11) is 0. The normalized spacial score (nSPS) is 11.4. The minimum Gasteiger partial charge on any atom is -0.326 e. The van der Waals surface area contributed by atoms with Gasteiger partial charge in [-0.1, -0.05) is 26.0 Å². The highest BCUT2D eigenvalue weighted by Crippen LogP contribution is 2.26. The van der Waals surface area contributed by atoms with Gasteiger partial charge in [0.2, 0.25) is 0 Å². The number of fused-ring (bicyclic) bond motifs is 1. The molecule has 2 heteroatoms. The van der Waals surface area contributed by atoms with E-state index in [0.29, 0.717) is 12.5 Å². The maximum atomic E-state index is 5.85. The number of benzene rings is 1. The Morgan fingerprint density at radius 3 is 2.53 bits per heavy atom. The van der Waals surface area contributed by atoms with Crippen LogP contribution in [0.15, 0.2) is 18.2 Å². The monoisotopic (exact) mass is 228 g/mol. The van der Waals surface area contributed by atoms with Crippen molar-refractivity contribution in [2.24, 2.45) is 5.73 Å². The number of aryl methyl sites for hydroxylation is 2. The standard InChI is InChI=1S/C15H20N2/c1-9(2)14-7-12(8-16)13-6-5-10(3)11(4)15(13)17-14/h5-7,9H,8,16H2,1-4H3. The maximum absolute atomic E-state index is 5.85. The summed E-state index contributed by atoms with van der Waals surface area (Å²) in [4.78, 5) is 4.79. The predicted molar refractivity (Wildman–Crippen MR) is 73.2 cm³/mol. The molecule has 1 aromatic carbocycles. The van der Waals surface area contributed by atoms with E-state index in [0.717, 1.165) is 11.2 Å². The van der Waals surface area contributed by atoms with Crippen molar-refractivity contribution >= 4 is 10.9 Å². The second kappa shape index (κ2) is 4.46. The second-order valence-corrected chi connectivity index (χ2v) is 4.97. The van der Waals surface area contributed by atoms with E-state index in [-0.39, 0.29) is 0 Å². The van der Waals surface area contributed by atoms with Gasteiger partial charge in [0.1, 0.15) is 0 Å². The Morgan fingerprint density at radius 2 is 1.94 bits per heavy atom. The fourth-order valence-electron chi connectivity index (χ4n) is 2.09. The Bertz CT molecular complexity index is 556. The first-order valence-corrected chi connectivity index (χ1v) is 6.14. The van der Waals surface area contributed by atoms with Gasteiger partial charge in [0.25, 0.3) is 0 Å². The van der Waals surface area contributed by atoms with Crippen LogP contribution in [0, 0.1) is 13.8 Å². The Labute approximate surface area is 103 Å². The third-order valence-electron chi connectivity index (χ3n) is 3.42. The van der Waals surface area contributed by atoms with Crippen LogP contribution < -0.4 is 5.73 Å². The van der Waals surface area contributed by atoms with E-state index >= 15 is 0 Å². The molecule has 0 saturated heterocycles. The van der Waals surface area contributed by atoms with Crippen molar-refractivity contribution in [3.8, 4) is 0 Å². The fraction of sp³-hybridized carbons (Fsp3) is 0.400. The van der Waals surface area contributed by atoms with Crippen LogP contribution in [0.25, 0.3) is 10.9 Å². The van der Waals surface area contributed by atoms with Crippen LogP contribution in [0.5, 0.6) is 0 Å². The summed E-state index contributed by atoms with van der Waals surface area (Å²) in [5, 5.41) is 1.19. The van der Waals surface area contributed by atoms with E-state index in [4.69, 9.17) is 10.7 Å². The molecule has 0 radical (unpaired) electrons. The molecule has 1 aromatic heterocycles. The Balaban J connectivity index is 2.83. The molecule has 0 saturated carbocycles. The lowest BCUT2D eigenvalue weighted by Gasteiger charge is -2.13. The average molecular weight is 228 g/mol. The third-order valence-corrected chi connectivity index (χ3v) is 3.42. The van der Waals surface area contributed by atoms with Gasteiger partial charge in [0.05, 0.1) is 5.52 Å². The molecule has 90 valence electrons. The fourth-order valence-corrected chi connectivity index (χ4v) is 2.09. The van der Waals surface area contributed by atoms with E-state index in [1.807, 2.05) is 0 Å². The van der Waals surface area contributed by atoms with E-state index in [9.17, 15) is 0 Å². The number of aromatic nitrogens is 1. The molecule has 17 heavy (non-hydrogen) atoms. The molecule has 0 aliphatic carbocycles. The summed E-state index contributed by atoms with van der Waals surface area (Å²) < 4.78 is 0. The minimum absolute atomic E-state index is 0.435. The first kappa shape index (κ1) is 12.1. The molecule has 2 rings (SSSR count). The summed E-state index contributed by atoms with van der Waals surface area (Å²) >= 11 is 0. The van der Waals surface area contributed by atoms with Crippen molar-refractivity contribution in [2.45, 2.75) is 40.2 Å². The molecular formula is C15H20N2. The van der Waals surface area contributed by atoms with Gasteiger partial charge < -0.3 is 5.73 Å². The van der Waals surface area contributed by atoms with Crippen LogP contribution in [-0.4, -0.2) is 4.98 Å². The van der Waals surface area contributed by atoms with Crippen LogP contribution in [0.1, 0.15) is 42.1 Å². The topological polar surface area (TPSA) is 38.9 Å². The summed E-state index contributed by atoms with van der Waals surface area (Å²) in [5.41, 5.74) is 11.8. The lowest BCUT2D eigenvalue weighted by molar-refractivity contribution is 0.824. The van der Waals surface area contributed by atoms with Crippen LogP contribution in [0.3, 0.4) is 0 Å². The first-order valence-electron chi connectivity index (χ1n) is 6.14. The number of rotatable bonds is 2. The van der Waals surface area contributed by atoms with Crippen LogP contribution >= 0.6 is 0 Å². The summed E-state index contributed by atoms with van der Waals surface area (Å²) in [6.07, 6.45) is 0. The van der Waals surface area contributed by atoms with Gasteiger partial charge in [-0.05, 0) is 42.5 Å². The molecule has 0 bridgehead atoms. The van der Waals surface area contributed by atoms with Crippen LogP contribution in [0.2, 0.25) is 0 Å². The van der Waals surface area contributed by atoms with Gasteiger partial charge in [0, 0.05) is 17.6 Å². The zero-order chi connectivity index (χ0) is 12.6. The van der Waals surface area contributed by atoms with Crippen molar-refractivity contribution in [1.82, 2.24) is 4.98 Å². The smallest absolute Gasteiger partial charge is 0.0740 e. The summed E-state index contributed by atoms with van der Waals surface area (Å²) in [6.45, 7) is 9.16. The molecule has 0 amide bonds. The van der Waals surface area contributed by atoms with Crippen molar-refractivity contribution in [2.75, 3.05) is 0 Å². The van der Waals surface area contributed by atoms with Gasteiger partial charge in [-0.3, -0.25) is 4.98 Å². The number of nitrogens with two attached hydrogens (primary N) is 1. The lowest BCUT2D eigenvalue weighted by atomic mass is 9.98. The van der Waals surface area contributed by atoms with E-state index in [2.05, 4.69) is 45.9 Å². The van der Waals surface area contributed by atoms with E-state index in [1.54, 1.807) is 0 Å². The Kier molecular flexibility index (Phi) is 3.16. The summed E-state index contributed by atoms with van der Waals surface area (Å²) in [6, 6.07) is 6.42. The molecule has 1 heterocycles. The molecule has 2 aromatic rings. The zero-order valence-corrected chi connectivity index (χ0v) is 11.0. The van der Waals surface area contributed by atoms with Crippen molar-refractivity contribution < 1.29 is 0 Å². The molecule has 0 aliphatic rings. The molecule has 2 nitrogen and oxygen atoms in total. The van der Waals surface area contributed by atoms with Crippen molar-refractivity contribution in [3.05, 3.63) is 40.6 Å². The second-order valence-electron chi connectivity index (χ2n) is 4.97. The number of hydrogen-bond acceptors (Lipinski definition) is 2. The molecule has 0 unspecified atom stereocenters. The molecule has 0 spiro atoms. The maximum Gasteiger partial charge on any atom is 0.0740 e. The highest BCUT2D eigenvalue weighted by atomic mass is 14.7. The van der Waals surface area contributed by atoms with Gasteiger partial charge in [-0.2, -0.15) is 0 Å². The SMILES string of the molecule is Cc1ccc2c(CN)cc(C(C)C)nc2c1C. The minimum atomic E-state index is 0.435. The van der Waals surface area contributed by atoms with Crippen molar-refractivity contribution in [3.63, 3.8) is 0 Å². The number of nitrogens with zero attached hydrogens (tertiary/aromatic N) is 1. The number of hydrogen-bond donors (Lipinski definition) is 1. The Morgan fingerprint density at radius 1 is 1.24 bits per heavy atom. The highest BCUT2D eigenvalue weighted by molar-refractivity contribution is 5.86.